The summed E-state index contributed by atoms with van der Waals surface area (Å²) < 4.78 is 1.85. The van der Waals surface area contributed by atoms with Crippen LogP contribution in [-0.4, -0.2) is 31.4 Å². The number of carbonyl (C=O) groups is 1. The summed E-state index contributed by atoms with van der Waals surface area (Å²) in [7, 11) is 1.87. The monoisotopic (exact) mass is 466 g/mol. The summed E-state index contributed by atoms with van der Waals surface area (Å²) in [6.07, 6.45) is 6.39. The maximum atomic E-state index is 12.7. The zero-order chi connectivity index (χ0) is 22.9. The molecule has 4 rings (SSSR count). The number of pyridine rings is 1. The molecule has 3 aromatic heterocycles. The second kappa shape index (κ2) is 9.04. The number of thiophene rings is 1. The lowest BCUT2D eigenvalue weighted by molar-refractivity contribution is -0.113. The van der Waals surface area contributed by atoms with Crippen LogP contribution in [0.15, 0.2) is 29.7 Å². The van der Waals surface area contributed by atoms with Gasteiger partial charge in [-0.25, -0.2) is 0 Å². The summed E-state index contributed by atoms with van der Waals surface area (Å²) in [5, 5.41) is 22.5. The van der Waals surface area contributed by atoms with E-state index in [0.29, 0.717) is 27.5 Å². The van der Waals surface area contributed by atoms with E-state index >= 15 is 0 Å². The van der Waals surface area contributed by atoms with Crippen LogP contribution in [0.5, 0.6) is 0 Å². The number of nitrogens with one attached hydrogen (secondary N) is 1. The van der Waals surface area contributed by atoms with Crippen LogP contribution in [0.4, 0.5) is 5.00 Å². The highest BCUT2D eigenvalue weighted by Gasteiger charge is 2.32. The van der Waals surface area contributed by atoms with E-state index in [4.69, 9.17) is 0 Å². The van der Waals surface area contributed by atoms with E-state index in [9.17, 15) is 10.1 Å². The van der Waals surface area contributed by atoms with Gasteiger partial charge in [-0.15, -0.1) is 21.5 Å². The summed E-state index contributed by atoms with van der Waals surface area (Å²) in [6, 6.07) is 6.09. The molecule has 1 N–H and O–H groups in total. The third-order valence-electron chi connectivity index (χ3n) is 5.94. The van der Waals surface area contributed by atoms with Crippen LogP contribution in [0.1, 0.15) is 43.2 Å². The van der Waals surface area contributed by atoms with Gasteiger partial charge in [0.15, 0.2) is 11.0 Å². The third kappa shape index (κ3) is 4.57. The fraction of sp³-hybridized carbons (Fsp3) is 0.435. The minimum absolute atomic E-state index is 0.150. The quantitative estimate of drug-likeness (QED) is 0.548. The molecule has 166 valence electrons. The van der Waals surface area contributed by atoms with Gasteiger partial charge in [-0.2, -0.15) is 5.26 Å². The zero-order valence-corrected chi connectivity index (χ0v) is 20.3. The zero-order valence-electron chi connectivity index (χ0n) is 18.7. The first-order valence-electron chi connectivity index (χ1n) is 10.5. The first-order chi connectivity index (χ1) is 15.3. The van der Waals surface area contributed by atoms with E-state index in [2.05, 4.69) is 47.3 Å². The van der Waals surface area contributed by atoms with Gasteiger partial charge >= 0.3 is 0 Å². The molecule has 0 spiro atoms. The number of nitrogens with zero attached hydrogens (tertiary/aromatic N) is 5. The molecule has 0 saturated carbocycles. The lowest BCUT2D eigenvalue weighted by atomic mass is 9.72. The molecule has 0 saturated heterocycles. The van der Waals surface area contributed by atoms with Gasteiger partial charge in [0, 0.05) is 29.9 Å². The van der Waals surface area contributed by atoms with Crippen molar-refractivity contribution in [1.29, 1.82) is 5.26 Å². The van der Waals surface area contributed by atoms with E-state index in [0.717, 1.165) is 30.4 Å². The molecule has 1 atom stereocenters. The number of rotatable bonds is 5. The highest BCUT2D eigenvalue weighted by Crippen LogP contribution is 2.44. The SMILES string of the molecule is Cn1c(SCC(=O)Nc2sc3c(c2C#N)CCC(C(C)(C)C)C3)nnc1-c1cccnc1. The first-order valence-corrected chi connectivity index (χ1v) is 12.3. The van der Waals surface area contributed by atoms with Crippen LogP contribution in [0.3, 0.4) is 0 Å². The van der Waals surface area contributed by atoms with Crippen LogP contribution in [0.2, 0.25) is 0 Å². The molecule has 7 nitrogen and oxygen atoms in total. The number of nitriles is 1. The first kappa shape index (κ1) is 22.5. The predicted molar refractivity (Wildman–Crippen MR) is 128 cm³/mol. The molecule has 0 bridgehead atoms. The minimum Gasteiger partial charge on any atom is -0.316 e. The molecule has 3 heterocycles. The molecule has 1 aliphatic carbocycles. The summed E-state index contributed by atoms with van der Waals surface area (Å²) in [6.45, 7) is 6.81. The van der Waals surface area contributed by atoms with Crippen molar-refractivity contribution in [3.63, 3.8) is 0 Å². The Balaban J connectivity index is 1.43. The van der Waals surface area contributed by atoms with Gasteiger partial charge < -0.3 is 9.88 Å². The average molecular weight is 467 g/mol. The van der Waals surface area contributed by atoms with Crippen molar-refractivity contribution in [2.45, 2.75) is 45.2 Å². The number of hydrogen-bond acceptors (Lipinski definition) is 7. The van der Waals surface area contributed by atoms with Gasteiger partial charge in [-0.3, -0.25) is 9.78 Å². The number of aromatic nitrogens is 4. The number of amides is 1. The molecule has 1 amide bonds. The van der Waals surface area contributed by atoms with Crippen LogP contribution in [-0.2, 0) is 24.7 Å². The van der Waals surface area contributed by atoms with E-state index in [1.165, 1.54) is 16.6 Å². The minimum atomic E-state index is -0.150. The summed E-state index contributed by atoms with van der Waals surface area (Å²) in [4.78, 5) is 18.0. The summed E-state index contributed by atoms with van der Waals surface area (Å²) >= 11 is 2.88. The van der Waals surface area contributed by atoms with E-state index < -0.39 is 0 Å². The summed E-state index contributed by atoms with van der Waals surface area (Å²) in [5.74, 6) is 1.33. The van der Waals surface area contributed by atoms with Crippen molar-refractivity contribution in [3.8, 4) is 17.5 Å². The molecule has 0 fully saturated rings. The number of hydrogen-bond donors (Lipinski definition) is 1. The van der Waals surface area contributed by atoms with Crippen molar-refractivity contribution in [2.75, 3.05) is 11.1 Å². The molecule has 0 radical (unpaired) electrons. The summed E-state index contributed by atoms with van der Waals surface area (Å²) in [5.41, 5.74) is 2.86. The highest BCUT2D eigenvalue weighted by atomic mass is 32.2. The van der Waals surface area contributed by atoms with Gasteiger partial charge in [0.2, 0.25) is 5.91 Å². The molecule has 9 heteroatoms. The molecule has 0 aliphatic heterocycles. The Morgan fingerprint density at radius 2 is 2.22 bits per heavy atom. The third-order valence-corrected chi connectivity index (χ3v) is 8.13. The Kier molecular flexibility index (Phi) is 6.35. The van der Waals surface area contributed by atoms with Gasteiger partial charge in [0.1, 0.15) is 11.1 Å². The molecule has 1 unspecified atom stereocenters. The molecule has 0 aromatic carbocycles. The maximum Gasteiger partial charge on any atom is 0.235 e. The lowest BCUT2D eigenvalue weighted by Crippen LogP contribution is -2.26. The Morgan fingerprint density at radius 1 is 1.41 bits per heavy atom. The predicted octanol–water partition coefficient (Wildman–Crippen LogP) is 4.69. The standard InChI is InChI=1S/C23H26N6OS2/c1-23(2,3)15-7-8-16-17(11-24)21(32-18(16)10-15)26-19(30)13-31-22-28-27-20(29(22)4)14-6-5-9-25-12-14/h5-6,9,12,15H,7-8,10,13H2,1-4H3,(H,26,30). The van der Waals surface area contributed by atoms with Crippen molar-refractivity contribution in [3.05, 3.63) is 40.5 Å². The topological polar surface area (TPSA) is 96.5 Å². The normalized spacial score (nSPS) is 15.8. The second-order valence-electron chi connectivity index (χ2n) is 9.07. The van der Waals surface area contributed by atoms with Gasteiger partial charge in [0.05, 0.1) is 11.3 Å². The largest absolute Gasteiger partial charge is 0.316 e. The van der Waals surface area contributed by atoms with Crippen molar-refractivity contribution < 1.29 is 4.79 Å². The van der Waals surface area contributed by atoms with E-state index in [1.807, 2.05) is 23.7 Å². The Hall–Kier alpha value is -2.70. The van der Waals surface area contributed by atoms with Gasteiger partial charge in [-0.1, -0.05) is 32.5 Å². The maximum absolute atomic E-state index is 12.7. The molecule has 3 aromatic rings. The number of anilines is 1. The van der Waals surface area contributed by atoms with Crippen LogP contribution in [0.25, 0.3) is 11.4 Å². The smallest absolute Gasteiger partial charge is 0.235 e. The molecular weight excluding hydrogens is 440 g/mol. The Bertz CT molecular complexity index is 1170. The fourth-order valence-corrected chi connectivity index (χ4v) is 6.02. The van der Waals surface area contributed by atoms with Crippen molar-refractivity contribution in [2.24, 2.45) is 18.4 Å². The van der Waals surface area contributed by atoms with Gasteiger partial charge in [0.25, 0.3) is 0 Å². The fourth-order valence-electron chi connectivity index (χ4n) is 4.01. The molecular formula is C23H26N6OS2. The van der Waals surface area contributed by atoms with Crippen LogP contribution >= 0.6 is 23.1 Å². The van der Waals surface area contributed by atoms with Crippen LogP contribution in [0, 0.1) is 22.7 Å². The van der Waals surface area contributed by atoms with E-state index in [-0.39, 0.29) is 17.1 Å². The van der Waals surface area contributed by atoms with Crippen molar-refractivity contribution in [1.82, 2.24) is 19.7 Å². The number of fused-ring (bicyclic) bond motifs is 1. The van der Waals surface area contributed by atoms with Gasteiger partial charge in [-0.05, 0) is 48.3 Å². The highest BCUT2D eigenvalue weighted by molar-refractivity contribution is 7.99. The van der Waals surface area contributed by atoms with E-state index in [1.54, 1.807) is 23.7 Å². The van der Waals surface area contributed by atoms with Crippen LogP contribution < -0.4 is 5.32 Å². The molecule has 1 aliphatic rings. The number of thioether (sulfide) groups is 1. The second-order valence-corrected chi connectivity index (χ2v) is 11.1. The average Bonchev–Trinajstić information content (AvgIpc) is 3.31. The Morgan fingerprint density at radius 3 is 2.91 bits per heavy atom. The Labute approximate surface area is 196 Å². The number of carbonyl (C=O) groups excluding carboxylic acids is 1. The lowest BCUT2D eigenvalue weighted by Gasteiger charge is -2.33. The van der Waals surface area contributed by atoms with Crippen molar-refractivity contribution >= 4 is 34.0 Å². The molecule has 32 heavy (non-hydrogen) atoms.